The smallest absolute Gasteiger partial charge is 0.189 e. The molecule has 2 heterocycles. The Morgan fingerprint density at radius 1 is 0.667 bits per heavy atom. The van der Waals surface area contributed by atoms with Crippen LogP contribution in [-0.2, 0) is 7.05 Å². The van der Waals surface area contributed by atoms with Crippen LogP contribution in [0.1, 0.15) is 5.56 Å². The molecule has 0 unspecified atom stereocenters. The molecule has 0 fully saturated rings. The quantitative estimate of drug-likeness (QED) is 0.264. The molecule has 0 aliphatic rings. The zero-order valence-corrected chi connectivity index (χ0v) is 16.8. The lowest BCUT2D eigenvalue weighted by molar-refractivity contribution is 1.01. The van der Waals surface area contributed by atoms with Crippen molar-refractivity contribution in [2.75, 3.05) is 0 Å². The van der Waals surface area contributed by atoms with Crippen molar-refractivity contribution in [1.29, 1.82) is 0 Å². The highest BCUT2D eigenvalue weighted by atomic mass is 15.0. The van der Waals surface area contributed by atoms with Gasteiger partial charge in [0.1, 0.15) is 0 Å². The minimum absolute atomic E-state index is 0.661. The molecule has 0 bridgehead atoms. The Bertz CT molecular complexity index is 1670. The van der Waals surface area contributed by atoms with E-state index in [-0.39, 0.29) is 0 Å². The Morgan fingerprint density at radius 2 is 1.33 bits per heavy atom. The first-order chi connectivity index (χ1) is 14.7. The highest BCUT2D eigenvalue weighted by molar-refractivity contribution is 6.11. The van der Waals surface area contributed by atoms with Crippen LogP contribution in [0.25, 0.3) is 54.1 Å². The lowest BCUT2D eigenvalue weighted by Crippen LogP contribution is -1.95. The van der Waals surface area contributed by atoms with Crippen LogP contribution in [0.5, 0.6) is 0 Å². The first-order valence-corrected chi connectivity index (χ1v) is 10.1. The third-order valence-corrected chi connectivity index (χ3v) is 6.19. The van der Waals surface area contributed by atoms with Gasteiger partial charge in [0.25, 0.3) is 0 Å². The minimum Gasteiger partial charge on any atom is -0.344 e. The van der Waals surface area contributed by atoms with E-state index in [0.29, 0.717) is 5.69 Å². The van der Waals surface area contributed by atoms with Crippen molar-refractivity contribution >= 4 is 49.3 Å². The summed E-state index contributed by atoms with van der Waals surface area (Å²) in [6.07, 6.45) is 0. The van der Waals surface area contributed by atoms with Gasteiger partial charge in [-0.15, -0.1) is 0 Å². The maximum absolute atomic E-state index is 7.47. The highest BCUT2D eigenvalue weighted by Gasteiger charge is 2.15. The van der Waals surface area contributed by atoms with E-state index in [1.807, 2.05) is 12.1 Å². The van der Waals surface area contributed by atoms with Gasteiger partial charge in [0.2, 0.25) is 0 Å². The van der Waals surface area contributed by atoms with E-state index in [4.69, 9.17) is 6.57 Å². The molecule has 0 amide bonds. The molecular formula is C27H19N3. The Labute approximate surface area is 174 Å². The van der Waals surface area contributed by atoms with Gasteiger partial charge in [-0.3, -0.25) is 0 Å². The Kier molecular flexibility index (Phi) is 3.37. The number of nitrogens with zero attached hydrogens (tertiary/aromatic N) is 3. The molecule has 0 saturated carbocycles. The van der Waals surface area contributed by atoms with Crippen LogP contribution >= 0.6 is 0 Å². The average molecular weight is 385 g/mol. The summed E-state index contributed by atoms with van der Waals surface area (Å²) in [5.41, 5.74) is 7.68. The number of hydrogen-bond acceptors (Lipinski definition) is 0. The fourth-order valence-corrected chi connectivity index (χ4v) is 4.75. The van der Waals surface area contributed by atoms with Gasteiger partial charge in [-0.1, -0.05) is 48.5 Å². The molecular weight excluding hydrogens is 366 g/mol. The minimum atomic E-state index is 0.661. The van der Waals surface area contributed by atoms with E-state index < -0.39 is 0 Å². The lowest BCUT2D eigenvalue weighted by Gasteiger charge is -2.10. The van der Waals surface area contributed by atoms with Crippen LogP contribution in [0.2, 0.25) is 0 Å². The summed E-state index contributed by atoms with van der Waals surface area (Å²) in [6.45, 7) is 9.60. The predicted octanol–water partition coefficient (Wildman–Crippen LogP) is 7.29. The maximum atomic E-state index is 7.47. The van der Waals surface area contributed by atoms with E-state index in [0.717, 1.165) is 11.2 Å². The summed E-state index contributed by atoms with van der Waals surface area (Å²) in [6, 6.07) is 27.8. The van der Waals surface area contributed by atoms with E-state index in [1.54, 1.807) is 0 Å². The van der Waals surface area contributed by atoms with Crippen molar-refractivity contribution in [3.8, 4) is 5.69 Å². The van der Waals surface area contributed by atoms with Crippen molar-refractivity contribution < 1.29 is 0 Å². The normalized spacial score (nSPS) is 11.6. The summed E-state index contributed by atoms with van der Waals surface area (Å²) >= 11 is 0. The van der Waals surface area contributed by atoms with Gasteiger partial charge in [0.15, 0.2) is 5.69 Å². The number of para-hydroxylation sites is 1. The van der Waals surface area contributed by atoms with Gasteiger partial charge in [-0.05, 0) is 42.8 Å². The molecule has 0 aliphatic carbocycles. The van der Waals surface area contributed by atoms with Crippen LogP contribution in [-0.4, -0.2) is 9.13 Å². The molecule has 3 heteroatoms. The molecule has 0 atom stereocenters. The topological polar surface area (TPSA) is 14.2 Å². The molecule has 142 valence electrons. The van der Waals surface area contributed by atoms with Crippen LogP contribution in [0, 0.1) is 13.5 Å². The summed E-state index contributed by atoms with van der Waals surface area (Å²) in [7, 11) is 2.13. The number of fused-ring (bicyclic) bond motifs is 6. The predicted molar refractivity (Wildman–Crippen MR) is 126 cm³/mol. The van der Waals surface area contributed by atoms with Crippen LogP contribution in [0.3, 0.4) is 0 Å². The van der Waals surface area contributed by atoms with Gasteiger partial charge in [0, 0.05) is 45.3 Å². The average Bonchev–Trinajstić information content (AvgIpc) is 3.25. The van der Waals surface area contributed by atoms with E-state index in [9.17, 15) is 0 Å². The summed E-state index contributed by atoms with van der Waals surface area (Å²) in [4.78, 5) is 3.67. The second kappa shape index (κ2) is 5.98. The van der Waals surface area contributed by atoms with Gasteiger partial charge in [0.05, 0.1) is 17.6 Å². The molecule has 0 aliphatic heterocycles. The second-order valence-corrected chi connectivity index (χ2v) is 7.95. The molecule has 0 N–H and O–H groups in total. The van der Waals surface area contributed by atoms with Gasteiger partial charge in [-0.2, -0.15) is 0 Å². The van der Waals surface area contributed by atoms with E-state index >= 15 is 0 Å². The zero-order valence-electron chi connectivity index (χ0n) is 16.8. The standard InChI is InChI=1S/C27H19N3/c1-17-8-11-22-23-12-9-18(28-2)15-27(23)30(26(22)14-17)19-10-13-21-20-6-4-5-7-24(20)29(3)25(21)16-19/h4-16H,1,3H3. The van der Waals surface area contributed by atoms with E-state index in [2.05, 4.69) is 94.7 Å². The Hall–Kier alpha value is -4.03. The van der Waals surface area contributed by atoms with Crippen molar-refractivity contribution in [2.45, 2.75) is 6.92 Å². The van der Waals surface area contributed by atoms with Crippen molar-refractivity contribution in [1.82, 2.24) is 9.13 Å². The van der Waals surface area contributed by atoms with Gasteiger partial charge >= 0.3 is 0 Å². The molecule has 30 heavy (non-hydrogen) atoms. The molecule has 0 radical (unpaired) electrons. The van der Waals surface area contributed by atoms with Crippen LogP contribution in [0.4, 0.5) is 5.69 Å². The molecule has 4 aromatic carbocycles. The molecule has 3 nitrogen and oxygen atoms in total. The molecule has 6 rings (SSSR count). The first kappa shape index (κ1) is 16.9. The largest absolute Gasteiger partial charge is 0.344 e. The van der Waals surface area contributed by atoms with Crippen LogP contribution in [0.15, 0.2) is 78.9 Å². The summed E-state index contributed by atoms with van der Waals surface area (Å²) in [5.74, 6) is 0. The SMILES string of the molecule is [C-]#[N+]c1ccc2c3ccc(C)cc3n(-c3ccc4c5ccccc5n(C)c4c3)c2c1. The number of aryl methyl sites for hydroxylation is 2. The Balaban J connectivity index is 1.76. The number of aromatic nitrogens is 2. The van der Waals surface area contributed by atoms with Crippen molar-refractivity contribution in [3.05, 3.63) is 95.8 Å². The van der Waals surface area contributed by atoms with Crippen molar-refractivity contribution in [2.24, 2.45) is 7.05 Å². The molecule has 0 saturated heterocycles. The summed E-state index contributed by atoms with van der Waals surface area (Å²) < 4.78 is 4.56. The zero-order chi connectivity index (χ0) is 20.4. The maximum Gasteiger partial charge on any atom is 0.189 e. The monoisotopic (exact) mass is 385 g/mol. The fraction of sp³-hybridized carbons (Fsp3) is 0.0741. The molecule has 0 spiro atoms. The molecule has 6 aromatic rings. The van der Waals surface area contributed by atoms with Gasteiger partial charge < -0.3 is 9.13 Å². The van der Waals surface area contributed by atoms with E-state index in [1.165, 1.54) is 43.7 Å². The third kappa shape index (κ3) is 2.19. The van der Waals surface area contributed by atoms with Crippen LogP contribution < -0.4 is 0 Å². The Morgan fingerprint density at radius 3 is 2.17 bits per heavy atom. The van der Waals surface area contributed by atoms with Crippen molar-refractivity contribution in [3.63, 3.8) is 0 Å². The highest BCUT2D eigenvalue weighted by Crippen LogP contribution is 2.36. The number of benzene rings is 4. The van der Waals surface area contributed by atoms with Gasteiger partial charge in [-0.25, -0.2) is 4.85 Å². The number of rotatable bonds is 1. The fourth-order valence-electron chi connectivity index (χ4n) is 4.75. The molecule has 2 aromatic heterocycles. The second-order valence-electron chi connectivity index (χ2n) is 7.95. The third-order valence-electron chi connectivity index (χ3n) is 6.19. The summed E-state index contributed by atoms with van der Waals surface area (Å²) in [5, 5.41) is 4.92. The lowest BCUT2D eigenvalue weighted by atomic mass is 10.1. The first-order valence-electron chi connectivity index (χ1n) is 10.1. The number of hydrogen-bond donors (Lipinski definition) is 0.